The molecule has 0 aromatic carbocycles. The van der Waals surface area contributed by atoms with Crippen LogP contribution in [0.25, 0.3) is 0 Å². The van der Waals surface area contributed by atoms with E-state index in [1.165, 1.54) is 41.5 Å². The summed E-state index contributed by atoms with van der Waals surface area (Å²) in [6, 6.07) is 0. The van der Waals surface area contributed by atoms with E-state index < -0.39 is 71.3 Å². The van der Waals surface area contributed by atoms with Gasteiger partial charge in [0.05, 0.1) is 11.8 Å². The minimum absolute atomic E-state index is 0.0235. The van der Waals surface area contributed by atoms with Crippen LogP contribution in [0.3, 0.4) is 0 Å². The number of carbonyl (C=O) groups is 6. The van der Waals surface area contributed by atoms with Crippen molar-refractivity contribution in [1.29, 1.82) is 0 Å². The number of carbonyl (C=O) groups excluding carboxylic acids is 6. The molecule has 0 rings (SSSR count). The molecule has 37 heavy (non-hydrogen) atoms. The molecule has 10 heteroatoms. The summed E-state index contributed by atoms with van der Waals surface area (Å²) in [4.78, 5) is 74.4. The predicted octanol–water partition coefficient (Wildman–Crippen LogP) is 2.47. The van der Waals surface area contributed by atoms with Crippen LogP contribution in [0.15, 0.2) is 48.6 Å². The lowest BCUT2D eigenvalue weighted by Crippen LogP contribution is -2.52. The quantitative estimate of drug-likeness (QED) is 0.176. The number of hydrogen-bond acceptors (Lipinski definition) is 10. The Labute approximate surface area is 216 Å². The van der Waals surface area contributed by atoms with Crippen molar-refractivity contribution in [3.8, 4) is 0 Å². The van der Waals surface area contributed by atoms with E-state index in [1.54, 1.807) is 0 Å². The fraction of sp³-hybridized carbons (Fsp3) is 0.481. The van der Waals surface area contributed by atoms with Crippen molar-refractivity contribution in [2.75, 3.05) is 0 Å². The zero-order valence-electron chi connectivity index (χ0n) is 22.3. The molecule has 204 valence electrons. The van der Waals surface area contributed by atoms with Crippen LogP contribution in [-0.4, -0.2) is 56.9 Å². The number of ketones is 4. The predicted molar refractivity (Wildman–Crippen MR) is 134 cm³/mol. The van der Waals surface area contributed by atoms with Gasteiger partial charge in [-0.2, -0.15) is 0 Å². The first-order chi connectivity index (χ1) is 16.7. The van der Waals surface area contributed by atoms with Crippen molar-refractivity contribution in [3.63, 3.8) is 0 Å². The van der Waals surface area contributed by atoms with Crippen molar-refractivity contribution in [2.24, 2.45) is 11.8 Å². The van der Waals surface area contributed by atoms with Crippen molar-refractivity contribution >= 4 is 35.1 Å². The number of rotatable bonds is 16. The molecule has 0 bridgehead atoms. The van der Waals surface area contributed by atoms with Crippen LogP contribution < -0.4 is 0 Å². The van der Waals surface area contributed by atoms with Crippen LogP contribution in [-0.2, 0) is 38.2 Å². The third kappa shape index (κ3) is 8.26. The summed E-state index contributed by atoms with van der Waals surface area (Å²) in [6.07, 6.45) is -1.28. The molecule has 0 aromatic heterocycles. The number of Topliss-reactive ketones (excluding diaryl/α,β-unsaturated/α-hetero) is 4. The maximum absolute atomic E-state index is 12.5. The molecule has 0 aliphatic rings. The summed E-state index contributed by atoms with van der Waals surface area (Å²) in [5.41, 5.74) is -0.286. The molecule has 0 spiro atoms. The van der Waals surface area contributed by atoms with Gasteiger partial charge in [0.25, 0.3) is 11.6 Å². The number of allylic oxidation sites excluding steroid dienone is 2. The van der Waals surface area contributed by atoms with Gasteiger partial charge in [-0.3, -0.25) is 28.8 Å². The third-order valence-corrected chi connectivity index (χ3v) is 5.53. The summed E-state index contributed by atoms with van der Waals surface area (Å²) in [5, 5.41) is 21.6. The topological polar surface area (TPSA) is 161 Å². The Bertz CT molecular complexity index is 967. The highest BCUT2D eigenvalue weighted by Crippen LogP contribution is 2.29. The summed E-state index contributed by atoms with van der Waals surface area (Å²) in [6.45, 7) is 21.4. The van der Waals surface area contributed by atoms with E-state index in [-0.39, 0.29) is 28.7 Å². The molecule has 0 aromatic rings. The largest absolute Gasteiger partial charge is 0.424 e. The Morgan fingerprint density at radius 2 is 0.892 bits per heavy atom. The smallest absolute Gasteiger partial charge is 0.308 e. The Kier molecular flexibility index (Phi) is 11.9. The van der Waals surface area contributed by atoms with Gasteiger partial charge >= 0.3 is 11.9 Å². The zero-order chi connectivity index (χ0) is 29.5. The minimum atomic E-state index is -2.84. The SMILES string of the molecule is C=C(C)C(=O)C(C)C(O)(OC(=O)CCCC(=O)OC(O)(C(=O)C(=C)C)C(C)C(=O)C(=C)C)C(=O)C(=C)C. The lowest BCUT2D eigenvalue weighted by Gasteiger charge is -2.32. The first-order valence-corrected chi connectivity index (χ1v) is 11.4. The molecular formula is C27H36O10. The first-order valence-electron chi connectivity index (χ1n) is 11.4. The van der Waals surface area contributed by atoms with E-state index in [0.717, 1.165) is 0 Å². The van der Waals surface area contributed by atoms with Crippen molar-refractivity contribution < 1.29 is 48.5 Å². The minimum Gasteiger partial charge on any atom is -0.424 e. The molecule has 0 fully saturated rings. The summed E-state index contributed by atoms with van der Waals surface area (Å²) in [7, 11) is 0. The highest BCUT2D eigenvalue weighted by Gasteiger charge is 2.50. The second-order valence-electron chi connectivity index (χ2n) is 9.15. The van der Waals surface area contributed by atoms with Gasteiger partial charge in [-0.1, -0.05) is 26.3 Å². The van der Waals surface area contributed by atoms with E-state index in [0.29, 0.717) is 0 Å². The highest BCUT2D eigenvalue weighted by molar-refractivity contribution is 6.07. The molecule has 0 saturated carbocycles. The van der Waals surface area contributed by atoms with E-state index >= 15 is 0 Å². The van der Waals surface area contributed by atoms with Gasteiger partial charge in [0.2, 0.25) is 11.6 Å². The fourth-order valence-corrected chi connectivity index (χ4v) is 3.20. The van der Waals surface area contributed by atoms with Gasteiger partial charge in [-0.05, 0) is 70.3 Å². The van der Waals surface area contributed by atoms with E-state index in [1.807, 2.05) is 0 Å². The Balaban J connectivity index is 5.54. The van der Waals surface area contributed by atoms with E-state index in [4.69, 9.17) is 9.47 Å². The van der Waals surface area contributed by atoms with E-state index in [9.17, 15) is 39.0 Å². The molecule has 0 amide bonds. The molecule has 4 unspecified atom stereocenters. The molecule has 2 N–H and O–H groups in total. The summed E-state index contributed by atoms with van der Waals surface area (Å²) in [5.74, 6) is -14.5. The highest BCUT2D eigenvalue weighted by atomic mass is 16.7. The molecule has 0 heterocycles. The first kappa shape index (κ1) is 33.5. The Hall–Kier alpha value is -3.50. The van der Waals surface area contributed by atoms with Gasteiger partial charge in [0.15, 0.2) is 11.6 Å². The van der Waals surface area contributed by atoms with Crippen LogP contribution in [0.2, 0.25) is 0 Å². The molecule has 0 aliphatic carbocycles. The maximum atomic E-state index is 12.5. The molecular weight excluding hydrogens is 484 g/mol. The normalized spacial score (nSPS) is 15.6. The number of ether oxygens (including phenoxy) is 2. The number of esters is 2. The van der Waals surface area contributed by atoms with E-state index in [2.05, 4.69) is 26.3 Å². The van der Waals surface area contributed by atoms with Crippen LogP contribution in [0.4, 0.5) is 0 Å². The van der Waals surface area contributed by atoms with Gasteiger partial charge in [0, 0.05) is 12.8 Å². The fourth-order valence-electron chi connectivity index (χ4n) is 3.20. The van der Waals surface area contributed by atoms with Crippen molar-refractivity contribution in [1.82, 2.24) is 0 Å². The van der Waals surface area contributed by atoms with Crippen LogP contribution in [0, 0.1) is 11.8 Å². The lowest BCUT2D eigenvalue weighted by molar-refractivity contribution is -0.222. The molecule has 0 saturated heterocycles. The average molecular weight is 521 g/mol. The molecule has 0 radical (unpaired) electrons. The second-order valence-corrected chi connectivity index (χ2v) is 9.15. The third-order valence-electron chi connectivity index (χ3n) is 5.53. The van der Waals surface area contributed by atoms with Gasteiger partial charge in [-0.25, -0.2) is 0 Å². The standard InChI is InChI=1S/C27H36O10/c1-14(2)22(30)18(9)26(34,24(32)16(5)6)36-20(28)12-11-13-21(29)37-27(35,25(33)17(7)8)19(10)23(31)15(3)4/h18-19,34-35H,1,3,5,7,11-13H2,2,4,6,8-10H3. The Morgan fingerprint density at radius 3 is 1.11 bits per heavy atom. The molecule has 10 nitrogen and oxygen atoms in total. The summed E-state index contributed by atoms with van der Waals surface area (Å²) >= 11 is 0. The number of aliphatic hydroxyl groups is 2. The van der Waals surface area contributed by atoms with Gasteiger partial charge in [0.1, 0.15) is 0 Å². The van der Waals surface area contributed by atoms with Crippen molar-refractivity contribution in [3.05, 3.63) is 48.6 Å². The number of hydrogen-bond donors (Lipinski definition) is 2. The van der Waals surface area contributed by atoms with Crippen LogP contribution in [0.5, 0.6) is 0 Å². The average Bonchev–Trinajstić information content (AvgIpc) is 2.80. The van der Waals surface area contributed by atoms with Gasteiger partial charge < -0.3 is 19.7 Å². The van der Waals surface area contributed by atoms with Gasteiger partial charge in [-0.15, -0.1) is 0 Å². The molecule has 4 atom stereocenters. The lowest BCUT2D eigenvalue weighted by atomic mass is 9.87. The van der Waals surface area contributed by atoms with Crippen molar-refractivity contribution in [2.45, 2.75) is 72.4 Å². The molecule has 0 aliphatic heterocycles. The maximum Gasteiger partial charge on any atom is 0.308 e. The van der Waals surface area contributed by atoms with Crippen LogP contribution in [0.1, 0.15) is 60.8 Å². The monoisotopic (exact) mass is 520 g/mol. The van der Waals surface area contributed by atoms with Crippen LogP contribution >= 0.6 is 0 Å². The Morgan fingerprint density at radius 1 is 0.622 bits per heavy atom. The second kappa shape index (κ2) is 13.2. The zero-order valence-corrected chi connectivity index (χ0v) is 22.3. The summed E-state index contributed by atoms with van der Waals surface area (Å²) < 4.78 is 9.93.